The highest BCUT2D eigenvalue weighted by molar-refractivity contribution is 8.00. The van der Waals surface area contributed by atoms with E-state index in [9.17, 15) is 13.2 Å². The van der Waals surface area contributed by atoms with Crippen LogP contribution in [-0.4, -0.2) is 60.7 Å². The minimum absolute atomic E-state index is 0.0862. The number of halogens is 1. The number of aromatic nitrogens is 2. The van der Waals surface area contributed by atoms with Crippen LogP contribution in [0.1, 0.15) is 16.9 Å². The Bertz CT molecular complexity index is 1320. The Labute approximate surface area is 204 Å². The monoisotopic (exact) mass is 524 g/mol. The summed E-state index contributed by atoms with van der Waals surface area (Å²) in [5.74, 6) is -0.172. The van der Waals surface area contributed by atoms with Gasteiger partial charge in [-0.2, -0.15) is 4.31 Å². The maximum Gasteiger partial charge on any atom is 0.243 e. The van der Waals surface area contributed by atoms with E-state index in [0.717, 1.165) is 34.5 Å². The first-order valence-corrected chi connectivity index (χ1v) is 14.1. The number of carbonyl (C=O) groups excluding carboxylic acids is 1. The number of morpholine rings is 1. The lowest BCUT2D eigenvalue weighted by atomic mass is 10.2. The van der Waals surface area contributed by atoms with Gasteiger partial charge in [-0.25, -0.2) is 18.4 Å². The van der Waals surface area contributed by atoms with Crippen molar-refractivity contribution in [3.63, 3.8) is 0 Å². The fourth-order valence-electron chi connectivity index (χ4n) is 4.03. The molecule has 1 fully saturated rings. The molecule has 2 aliphatic rings. The molecule has 3 heterocycles. The van der Waals surface area contributed by atoms with Gasteiger partial charge in [-0.05, 0) is 43.0 Å². The molecule has 12 heteroatoms. The van der Waals surface area contributed by atoms with E-state index in [4.69, 9.17) is 16.3 Å². The number of sulfonamides is 1. The highest BCUT2D eigenvalue weighted by Gasteiger charge is 2.27. The van der Waals surface area contributed by atoms with E-state index >= 15 is 0 Å². The molecule has 1 saturated heterocycles. The number of hydrogen-bond donors (Lipinski definition) is 1. The number of rotatable bonds is 6. The number of fused-ring (bicyclic) bond motifs is 3. The molecule has 1 amide bonds. The number of benzene rings is 1. The molecular weight excluding hydrogens is 504 g/mol. The van der Waals surface area contributed by atoms with E-state index in [1.54, 1.807) is 11.3 Å². The van der Waals surface area contributed by atoms with E-state index < -0.39 is 10.0 Å². The first-order chi connectivity index (χ1) is 15.9. The zero-order valence-electron chi connectivity index (χ0n) is 17.5. The van der Waals surface area contributed by atoms with Crippen LogP contribution in [0.4, 0.5) is 5.69 Å². The van der Waals surface area contributed by atoms with Crippen LogP contribution in [0, 0.1) is 0 Å². The van der Waals surface area contributed by atoms with Crippen molar-refractivity contribution in [3.8, 4) is 0 Å². The third kappa shape index (κ3) is 4.62. The van der Waals surface area contributed by atoms with Crippen molar-refractivity contribution in [2.24, 2.45) is 0 Å². The largest absolute Gasteiger partial charge is 0.379 e. The number of thiophene rings is 1. The first kappa shape index (κ1) is 23.0. The number of amides is 1. The van der Waals surface area contributed by atoms with Gasteiger partial charge in [0, 0.05) is 23.4 Å². The van der Waals surface area contributed by atoms with Crippen molar-refractivity contribution in [3.05, 3.63) is 40.0 Å². The van der Waals surface area contributed by atoms with E-state index in [-0.39, 0.29) is 27.3 Å². The van der Waals surface area contributed by atoms with Gasteiger partial charge in [0.05, 0.1) is 34.6 Å². The van der Waals surface area contributed by atoms with E-state index in [1.165, 1.54) is 51.0 Å². The predicted octanol–water partition coefficient (Wildman–Crippen LogP) is 3.59. The van der Waals surface area contributed by atoms with Crippen molar-refractivity contribution >= 4 is 66.5 Å². The smallest absolute Gasteiger partial charge is 0.243 e. The lowest BCUT2D eigenvalue weighted by Crippen LogP contribution is -2.40. The Morgan fingerprint density at radius 3 is 2.88 bits per heavy atom. The molecule has 174 valence electrons. The summed E-state index contributed by atoms with van der Waals surface area (Å²) in [6, 6.07) is 4.34. The number of ether oxygens (including phenoxy) is 1. The number of anilines is 1. The summed E-state index contributed by atoms with van der Waals surface area (Å²) < 4.78 is 32.5. The van der Waals surface area contributed by atoms with Crippen LogP contribution in [0.2, 0.25) is 5.02 Å². The molecule has 8 nitrogen and oxygen atoms in total. The Balaban J connectivity index is 1.31. The van der Waals surface area contributed by atoms with Crippen molar-refractivity contribution in [2.45, 2.75) is 29.2 Å². The Morgan fingerprint density at radius 2 is 2.06 bits per heavy atom. The van der Waals surface area contributed by atoms with Crippen molar-refractivity contribution < 1.29 is 17.9 Å². The zero-order valence-corrected chi connectivity index (χ0v) is 20.7. The zero-order chi connectivity index (χ0) is 23.0. The van der Waals surface area contributed by atoms with Crippen LogP contribution in [0.15, 0.2) is 34.4 Å². The Morgan fingerprint density at radius 1 is 1.24 bits per heavy atom. The number of hydrogen-bond acceptors (Lipinski definition) is 8. The lowest BCUT2D eigenvalue weighted by molar-refractivity contribution is -0.113. The minimum atomic E-state index is -3.69. The number of thioether (sulfide) groups is 1. The molecule has 1 N–H and O–H groups in total. The normalized spacial score (nSPS) is 16.8. The molecule has 1 aliphatic carbocycles. The molecule has 2 aromatic heterocycles. The summed E-state index contributed by atoms with van der Waals surface area (Å²) in [6.07, 6.45) is 4.76. The topological polar surface area (TPSA) is 101 Å². The van der Waals surface area contributed by atoms with Crippen molar-refractivity contribution in [2.75, 3.05) is 37.4 Å². The molecule has 0 unspecified atom stereocenters. The van der Waals surface area contributed by atoms with Gasteiger partial charge in [-0.3, -0.25) is 4.79 Å². The summed E-state index contributed by atoms with van der Waals surface area (Å²) >= 11 is 9.30. The molecule has 0 radical (unpaired) electrons. The van der Waals surface area contributed by atoms with E-state index in [0.29, 0.717) is 26.3 Å². The van der Waals surface area contributed by atoms with Crippen LogP contribution in [0.3, 0.4) is 0 Å². The molecule has 0 saturated carbocycles. The van der Waals surface area contributed by atoms with Gasteiger partial charge in [-0.1, -0.05) is 23.4 Å². The quantitative estimate of drug-likeness (QED) is 0.388. The predicted molar refractivity (Wildman–Crippen MR) is 130 cm³/mol. The summed E-state index contributed by atoms with van der Waals surface area (Å²) in [5.41, 5.74) is 1.57. The van der Waals surface area contributed by atoms with E-state index in [2.05, 4.69) is 15.3 Å². The highest BCUT2D eigenvalue weighted by Crippen LogP contribution is 2.40. The second-order valence-electron chi connectivity index (χ2n) is 7.71. The van der Waals surface area contributed by atoms with Crippen LogP contribution in [-0.2, 0) is 32.4 Å². The van der Waals surface area contributed by atoms with E-state index in [1.807, 2.05) is 0 Å². The number of carbonyl (C=O) groups is 1. The number of nitrogens with zero attached hydrogens (tertiary/aromatic N) is 3. The molecule has 33 heavy (non-hydrogen) atoms. The summed E-state index contributed by atoms with van der Waals surface area (Å²) in [7, 11) is -3.69. The third-order valence-electron chi connectivity index (χ3n) is 5.63. The highest BCUT2D eigenvalue weighted by atomic mass is 35.5. The van der Waals surface area contributed by atoms with Gasteiger partial charge in [0.1, 0.15) is 16.2 Å². The number of aryl methyl sites for hydroxylation is 2. The third-order valence-corrected chi connectivity index (χ3v) is 10.0. The fraction of sp³-hybridized carbons (Fsp3) is 0.381. The molecule has 0 atom stereocenters. The minimum Gasteiger partial charge on any atom is -0.379 e. The Kier molecular flexibility index (Phi) is 6.60. The first-order valence-electron chi connectivity index (χ1n) is 10.5. The van der Waals surface area contributed by atoms with Gasteiger partial charge in [0.15, 0.2) is 0 Å². The van der Waals surface area contributed by atoms with Gasteiger partial charge in [0.2, 0.25) is 15.9 Å². The summed E-state index contributed by atoms with van der Waals surface area (Å²) in [5, 5.41) is 4.88. The second kappa shape index (κ2) is 9.47. The molecule has 5 rings (SSSR count). The SMILES string of the molecule is O=C(CSc1ncnc2sc3c(c12)CCC3)Nc1cc(S(=O)(=O)N2CCOCC2)ccc1Cl. The average Bonchev–Trinajstić information content (AvgIpc) is 3.41. The van der Waals surface area contributed by atoms with Crippen molar-refractivity contribution in [1.82, 2.24) is 14.3 Å². The standard InChI is InChI=1S/C21H21ClN4O4S3/c22-15-5-4-13(33(28,29)26-6-8-30-9-7-26)10-16(15)25-18(27)11-31-20-19-14-2-1-3-17(14)32-21(19)24-12-23-20/h4-5,10,12H,1-3,6-9,11H2,(H,25,27). The Hall–Kier alpha value is -1.76. The van der Waals surface area contributed by atoms with Gasteiger partial charge in [-0.15, -0.1) is 11.3 Å². The fourth-order valence-corrected chi connectivity index (χ4v) is 7.74. The van der Waals surface area contributed by atoms with Crippen LogP contribution in [0.25, 0.3) is 10.2 Å². The van der Waals surface area contributed by atoms with Gasteiger partial charge < -0.3 is 10.1 Å². The van der Waals surface area contributed by atoms with Crippen LogP contribution >= 0.6 is 34.7 Å². The maximum atomic E-state index is 12.9. The molecule has 0 bridgehead atoms. The van der Waals surface area contributed by atoms with Crippen LogP contribution < -0.4 is 5.32 Å². The molecule has 1 aliphatic heterocycles. The number of nitrogens with one attached hydrogen (secondary N) is 1. The molecule has 0 spiro atoms. The van der Waals surface area contributed by atoms with Crippen LogP contribution in [0.5, 0.6) is 0 Å². The molecule has 1 aromatic carbocycles. The second-order valence-corrected chi connectivity index (χ2v) is 12.1. The molecule has 3 aromatic rings. The van der Waals surface area contributed by atoms with Gasteiger partial charge >= 0.3 is 0 Å². The van der Waals surface area contributed by atoms with Crippen molar-refractivity contribution in [1.29, 1.82) is 0 Å². The summed E-state index contributed by atoms with van der Waals surface area (Å²) in [6.45, 7) is 1.31. The lowest BCUT2D eigenvalue weighted by Gasteiger charge is -2.26. The average molecular weight is 525 g/mol. The van der Waals surface area contributed by atoms with Gasteiger partial charge in [0.25, 0.3) is 0 Å². The maximum absolute atomic E-state index is 12.9. The molecular formula is C21H21ClN4O4S3. The summed E-state index contributed by atoms with van der Waals surface area (Å²) in [4.78, 5) is 23.9.